The van der Waals surface area contributed by atoms with E-state index in [1.807, 2.05) is 11.8 Å². The number of rotatable bonds is 0. The Bertz CT molecular complexity index is 466. The molecule has 0 amide bonds. The first-order chi connectivity index (χ1) is 8.19. The standard InChI is InChI=1S/C13H13FO2S/c14-9-2-3-12-10(6-9)11(15)7-13(16-12)4-1-5-17-8-13/h2-3,6H,1,4-5,7-8H2. The molecule has 0 aliphatic carbocycles. The number of halogens is 1. The fraction of sp³-hybridized carbons (Fsp3) is 0.462. The van der Waals surface area contributed by atoms with Crippen LogP contribution in [0.2, 0.25) is 0 Å². The maximum absolute atomic E-state index is 13.1. The van der Waals surface area contributed by atoms with Crippen molar-refractivity contribution >= 4 is 17.5 Å². The second kappa shape index (κ2) is 4.02. The highest BCUT2D eigenvalue weighted by Crippen LogP contribution is 2.40. The van der Waals surface area contributed by atoms with Crippen LogP contribution < -0.4 is 4.74 Å². The van der Waals surface area contributed by atoms with E-state index >= 15 is 0 Å². The van der Waals surface area contributed by atoms with Crippen molar-refractivity contribution in [2.24, 2.45) is 0 Å². The average molecular weight is 252 g/mol. The third kappa shape index (κ3) is 1.95. The fourth-order valence-corrected chi connectivity index (χ4v) is 3.68. The molecule has 1 aromatic rings. The normalized spacial score (nSPS) is 27.7. The summed E-state index contributed by atoms with van der Waals surface area (Å²) < 4.78 is 19.1. The number of Topliss-reactive ketones (excluding diaryl/α,β-unsaturated/α-hetero) is 1. The van der Waals surface area contributed by atoms with E-state index in [0.29, 0.717) is 17.7 Å². The van der Waals surface area contributed by atoms with Crippen molar-refractivity contribution in [2.75, 3.05) is 11.5 Å². The second-order valence-corrected chi connectivity index (χ2v) is 5.79. The molecule has 1 spiro atoms. The van der Waals surface area contributed by atoms with Gasteiger partial charge in [-0.25, -0.2) is 4.39 Å². The van der Waals surface area contributed by atoms with Crippen LogP contribution in [0.15, 0.2) is 18.2 Å². The Hall–Kier alpha value is -1.03. The Labute approximate surface area is 104 Å². The third-order valence-electron chi connectivity index (χ3n) is 3.34. The Kier molecular flexibility index (Phi) is 2.62. The molecule has 2 heterocycles. The number of benzene rings is 1. The summed E-state index contributed by atoms with van der Waals surface area (Å²) in [6.45, 7) is 0. The molecule has 0 aromatic heterocycles. The summed E-state index contributed by atoms with van der Waals surface area (Å²) in [6, 6.07) is 4.20. The largest absolute Gasteiger partial charge is 0.485 e. The smallest absolute Gasteiger partial charge is 0.170 e. The van der Waals surface area contributed by atoms with Gasteiger partial charge in [0.25, 0.3) is 0 Å². The first-order valence-electron chi connectivity index (χ1n) is 5.78. The lowest BCUT2D eigenvalue weighted by Gasteiger charge is -2.40. The van der Waals surface area contributed by atoms with Crippen LogP contribution in [0.3, 0.4) is 0 Å². The summed E-state index contributed by atoms with van der Waals surface area (Å²) in [5.74, 6) is 2.17. The molecule has 1 saturated heterocycles. The van der Waals surface area contributed by atoms with Crippen molar-refractivity contribution in [3.63, 3.8) is 0 Å². The SMILES string of the molecule is O=C1CC2(CCCSC2)Oc2ccc(F)cc21. The molecule has 1 atom stereocenters. The first kappa shape index (κ1) is 11.1. The quantitative estimate of drug-likeness (QED) is 0.710. The molecular formula is C13H13FO2S. The molecule has 1 aromatic carbocycles. The third-order valence-corrected chi connectivity index (χ3v) is 4.64. The minimum atomic E-state index is -0.380. The van der Waals surface area contributed by atoms with Crippen molar-refractivity contribution in [3.05, 3.63) is 29.6 Å². The molecule has 0 radical (unpaired) electrons. The summed E-state index contributed by atoms with van der Waals surface area (Å²) in [7, 11) is 0. The van der Waals surface area contributed by atoms with Crippen LogP contribution in [-0.4, -0.2) is 22.9 Å². The van der Waals surface area contributed by atoms with E-state index in [4.69, 9.17) is 4.74 Å². The molecule has 0 saturated carbocycles. The highest BCUT2D eigenvalue weighted by atomic mass is 32.2. The molecule has 3 rings (SSSR count). The van der Waals surface area contributed by atoms with Gasteiger partial charge in [-0.3, -0.25) is 4.79 Å². The molecule has 2 nitrogen and oxygen atoms in total. The van der Waals surface area contributed by atoms with Crippen LogP contribution in [-0.2, 0) is 0 Å². The van der Waals surface area contributed by atoms with Gasteiger partial charge in [0.15, 0.2) is 5.78 Å². The fourth-order valence-electron chi connectivity index (χ4n) is 2.51. The Morgan fingerprint density at radius 2 is 2.29 bits per heavy atom. The van der Waals surface area contributed by atoms with Crippen molar-refractivity contribution in [1.82, 2.24) is 0 Å². The van der Waals surface area contributed by atoms with Gasteiger partial charge < -0.3 is 4.74 Å². The van der Waals surface area contributed by atoms with Gasteiger partial charge in [-0.15, -0.1) is 0 Å². The van der Waals surface area contributed by atoms with Crippen LogP contribution in [0.25, 0.3) is 0 Å². The van der Waals surface area contributed by atoms with Crippen LogP contribution in [0, 0.1) is 5.82 Å². The summed E-state index contributed by atoms with van der Waals surface area (Å²) in [5.41, 5.74) is 0.0522. The van der Waals surface area contributed by atoms with Crippen molar-refractivity contribution < 1.29 is 13.9 Å². The lowest BCUT2D eigenvalue weighted by Crippen LogP contribution is -2.46. The van der Waals surface area contributed by atoms with Crippen molar-refractivity contribution in [3.8, 4) is 5.75 Å². The minimum Gasteiger partial charge on any atom is -0.485 e. The number of carbonyl (C=O) groups excluding carboxylic acids is 1. The van der Waals surface area contributed by atoms with E-state index in [1.165, 1.54) is 12.1 Å². The molecule has 90 valence electrons. The molecule has 0 N–H and O–H groups in total. The Balaban J connectivity index is 1.97. The molecule has 4 heteroatoms. The maximum Gasteiger partial charge on any atom is 0.170 e. The summed E-state index contributed by atoms with van der Waals surface area (Å²) >= 11 is 1.83. The van der Waals surface area contributed by atoms with E-state index < -0.39 is 0 Å². The highest BCUT2D eigenvalue weighted by Gasteiger charge is 2.41. The molecule has 1 fully saturated rings. The topological polar surface area (TPSA) is 26.3 Å². The van der Waals surface area contributed by atoms with Gasteiger partial charge in [0.1, 0.15) is 17.2 Å². The number of carbonyl (C=O) groups is 1. The number of hydrogen-bond acceptors (Lipinski definition) is 3. The molecule has 17 heavy (non-hydrogen) atoms. The van der Waals surface area contributed by atoms with Gasteiger partial charge in [0, 0.05) is 5.75 Å². The molecule has 2 aliphatic heterocycles. The van der Waals surface area contributed by atoms with Crippen LogP contribution >= 0.6 is 11.8 Å². The molecule has 1 unspecified atom stereocenters. The van der Waals surface area contributed by atoms with E-state index in [0.717, 1.165) is 24.3 Å². The van der Waals surface area contributed by atoms with Gasteiger partial charge in [-0.05, 0) is 36.8 Å². The Morgan fingerprint density at radius 1 is 1.41 bits per heavy atom. The highest BCUT2D eigenvalue weighted by molar-refractivity contribution is 7.99. The number of fused-ring (bicyclic) bond motifs is 1. The lowest BCUT2D eigenvalue weighted by molar-refractivity contribution is 0.0478. The number of thioether (sulfide) groups is 1. The summed E-state index contributed by atoms with van der Waals surface area (Å²) in [4.78, 5) is 12.1. The van der Waals surface area contributed by atoms with Crippen LogP contribution in [0.1, 0.15) is 29.6 Å². The van der Waals surface area contributed by atoms with Crippen LogP contribution in [0.4, 0.5) is 4.39 Å². The first-order valence-corrected chi connectivity index (χ1v) is 6.94. The van der Waals surface area contributed by atoms with Gasteiger partial charge in [0.05, 0.1) is 12.0 Å². The average Bonchev–Trinajstić information content (AvgIpc) is 2.31. The zero-order valence-corrected chi connectivity index (χ0v) is 10.2. The van der Waals surface area contributed by atoms with Gasteiger partial charge >= 0.3 is 0 Å². The predicted octanol–water partition coefficient (Wildman–Crippen LogP) is 3.06. The zero-order valence-electron chi connectivity index (χ0n) is 9.37. The van der Waals surface area contributed by atoms with Gasteiger partial charge in [-0.2, -0.15) is 11.8 Å². The molecule has 2 aliphatic rings. The minimum absolute atomic E-state index is 0.00764. The Morgan fingerprint density at radius 3 is 3.06 bits per heavy atom. The van der Waals surface area contributed by atoms with E-state index in [2.05, 4.69) is 0 Å². The van der Waals surface area contributed by atoms with E-state index in [-0.39, 0.29) is 17.2 Å². The number of ether oxygens (including phenoxy) is 1. The predicted molar refractivity (Wildman–Crippen MR) is 65.3 cm³/mol. The van der Waals surface area contributed by atoms with Gasteiger partial charge in [-0.1, -0.05) is 0 Å². The summed E-state index contributed by atoms with van der Waals surface area (Å²) in [5, 5.41) is 0. The van der Waals surface area contributed by atoms with E-state index in [1.54, 1.807) is 6.07 Å². The van der Waals surface area contributed by atoms with Gasteiger partial charge in [0.2, 0.25) is 0 Å². The van der Waals surface area contributed by atoms with E-state index in [9.17, 15) is 9.18 Å². The number of ketones is 1. The lowest BCUT2D eigenvalue weighted by atomic mass is 9.87. The summed E-state index contributed by atoms with van der Waals surface area (Å²) in [6.07, 6.45) is 2.38. The van der Waals surface area contributed by atoms with Crippen molar-refractivity contribution in [1.29, 1.82) is 0 Å². The monoisotopic (exact) mass is 252 g/mol. The van der Waals surface area contributed by atoms with Crippen molar-refractivity contribution in [2.45, 2.75) is 24.9 Å². The number of hydrogen-bond donors (Lipinski definition) is 0. The molecule has 0 bridgehead atoms. The molecular weight excluding hydrogens is 239 g/mol. The zero-order chi connectivity index (χ0) is 11.9. The second-order valence-electron chi connectivity index (χ2n) is 4.68. The van der Waals surface area contributed by atoms with Crippen LogP contribution in [0.5, 0.6) is 5.75 Å². The maximum atomic E-state index is 13.1.